The second kappa shape index (κ2) is 5.64. The van der Waals surface area contributed by atoms with Crippen LogP contribution < -0.4 is 0 Å². The average molecular weight is 227 g/mol. The van der Waals surface area contributed by atoms with Crippen molar-refractivity contribution < 1.29 is 0 Å². The predicted octanol–water partition coefficient (Wildman–Crippen LogP) is 2.88. The molecule has 9 heavy (non-hydrogen) atoms. The van der Waals surface area contributed by atoms with E-state index < -0.39 is 0 Å². The van der Waals surface area contributed by atoms with Gasteiger partial charge in [0.25, 0.3) is 0 Å². The molecule has 1 fully saturated rings. The third-order valence-electron chi connectivity index (χ3n) is 2.07. The van der Waals surface area contributed by atoms with Crippen LogP contribution in [0.1, 0.15) is 38.5 Å². The van der Waals surface area contributed by atoms with Crippen molar-refractivity contribution in [3.05, 3.63) is 0 Å². The summed E-state index contributed by atoms with van der Waals surface area (Å²) in [7, 11) is 0. The van der Waals surface area contributed by atoms with Crippen molar-refractivity contribution in [1.29, 1.82) is 0 Å². The molecule has 0 nitrogen and oxygen atoms in total. The van der Waals surface area contributed by atoms with Gasteiger partial charge in [0.2, 0.25) is 0 Å². The zero-order valence-corrected chi connectivity index (χ0v) is 9.53. The van der Waals surface area contributed by atoms with Gasteiger partial charge in [0.15, 0.2) is 0 Å². The van der Waals surface area contributed by atoms with Gasteiger partial charge in [-0.3, -0.25) is 0 Å². The molecule has 0 N–H and O–H groups in total. The van der Waals surface area contributed by atoms with Crippen LogP contribution in [0.3, 0.4) is 0 Å². The van der Waals surface area contributed by atoms with E-state index in [1.54, 1.807) is 34.0 Å². The summed E-state index contributed by atoms with van der Waals surface area (Å²) in [6, 6.07) is 0. The molecule has 0 bridgehead atoms. The van der Waals surface area contributed by atoms with Crippen LogP contribution in [0.4, 0.5) is 0 Å². The third-order valence-corrected chi connectivity index (χ3v) is 6.73. The summed E-state index contributed by atoms with van der Waals surface area (Å²) < 4.78 is 3.38. The van der Waals surface area contributed by atoms with E-state index in [1.165, 1.54) is 12.8 Å². The van der Waals surface area contributed by atoms with Crippen molar-refractivity contribution in [3.63, 3.8) is 0 Å². The number of hydrogen-bond donors (Lipinski definition) is 0. The van der Waals surface area contributed by atoms with Crippen LogP contribution in [0.15, 0.2) is 0 Å². The quantitative estimate of drug-likeness (QED) is 0.596. The monoisotopic (exact) mass is 227 g/mol. The van der Waals surface area contributed by atoms with Gasteiger partial charge >= 0.3 is 69.8 Å². The summed E-state index contributed by atoms with van der Waals surface area (Å²) in [6.07, 6.45) is 9.32. The van der Waals surface area contributed by atoms with Crippen molar-refractivity contribution in [2.45, 2.75) is 46.9 Å². The van der Waals surface area contributed by atoms with E-state index in [9.17, 15) is 0 Å². The van der Waals surface area contributed by atoms with E-state index in [4.69, 9.17) is 0 Å². The molecule has 0 atom stereocenters. The third kappa shape index (κ3) is 4.30. The van der Waals surface area contributed by atoms with Gasteiger partial charge in [-0.05, 0) is 0 Å². The van der Waals surface area contributed by atoms with Gasteiger partial charge < -0.3 is 0 Å². The number of rotatable bonds is 0. The van der Waals surface area contributed by atoms with Crippen molar-refractivity contribution in [2.24, 2.45) is 0 Å². The Labute approximate surface area is 69.8 Å². The van der Waals surface area contributed by atoms with Crippen LogP contribution in [-0.4, -0.2) is 22.9 Å². The van der Waals surface area contributed by atoms with Crippen LogP contribution in [-0.2, 0) is 0 Å². The first-order valence-corrected chi connectivity index (χ1v) is 8.98. The first-order chi connectivity index (χ1) is 4.50. The molecule has 1 radical (unpaired) electrons. The minimum atomic E-state index is 0.0353. The molecule has 0 aromatic carbocycles. The summed E-state index contributed by atoms with van der Waals surface area (Å²) >= 11 is 0.0353. The Morgan fingerprint density at radius 3 is 1.56 bits per heavy atom. The zero-order valence-electron chi connectivity index (χ0n) is 6.23. The van der Waals surface area contributed by atoms with Gasteiger partial charge in [-0.2, -0.15) is 0 Å². The second-order valence-corrected chi connectivity index (χ2v) is 7.93. The molecule has 0 aliphatic carbocycles. The van der Waals surface area contributed by atoms with Gasteiger partial charge in [-0.15, -0.1) is 0 Å². The molecule has 1 heterocycles. The molecule has 0 unspecified atom stereocenters. The van der Waals surface area contributed by atoms with Gasteiger partial charge in [0, 0.05) is 0 Å². The van der Waals surface area contributed by atoms with Gasteiger partial charge in [-0.25, -0.2) is 0 Å². The van der Waals surface area contributed by atoms with Crippen molar-refractivity contribution >= 4 is 22.9 Å². The van der Waals surface area contributed by atoms with Crippen molar-refractivity contribution in [3.8, 4) is 0 Å². The van der Waals surface area contributed by atoms with Gasteiger partial charge in [0.1, 0.15) is 0 Å². The van der Waals surface area contributed by atoms with Crippen molar-refractivity contribution in [1.82, 2.24) is 0 Å². The van der Waals surface area contributed by atoms with Crippen LogP contribution in [0, 0.1) is 0 Å². The standard InChI is InChI=1S/C8H16.In/c1-3-5-7-8-6-4-2;/h1-8H2;. The molecule has 51 valence electrons. The molecule has 0 saturated carbocycles. The fourth-order valence-electron chi connectivity index (χ4n) is 1.43. The Kier molecular flexibility index (Phi) is 5.00. The first kappa shape index (κ1) is 7.97. The Bertz CT molecular complexity index is 33.1. The van der Waals surface area contributed by atoms with E-state index in [2.05, 4.69) is 0 Å². The Hall–Kier alpha value is 0.870. The molecular weight excluding hydrogens is 211 g/mol. The summed E-state index contributed by atoms with van der Waals surface area (Å²) in [6.45, 7) is 0. The van der Waals surface area contributed by atoms with E-state index in [0.29, 0.717) is 0 Å². The molecule has 0 aromatic heterocycles. The number of hydrogen-bond acceptors (Lipinski definition) is 0. The normalized spacial score (nSPS) is 23.1. The molecule has 1 heteroatoms. The fraction of sp³-hybridized carbons (Fsp3) is 1.00. The summed E-state index contributed by atoms with van der Waals surface area (Å²) in [5.41, 5.74) is 0. The molecule has 1 aliphatic heterocycles. The van der Waals surface area contributed by atoms with Crippen LogP contribution >= 0.6 is 0 Å². The summed E-state index contributed by atoms with van der Waals surface area (Å²) in [5.74, 6) is 0. The molecule has 0 aromatic rings. The molecular formula is C8H16In. The molecule has 1 rings (SSSR count). The van der Waals surface area contributed by atoms with E-state index >= 15 is 0 Å². The predicted molar refractivity (Wildman–Crippen MR) is 43.1 cm³/mol. The Morgan fingerprint density at radius 1 is 0.556 bits per heavy atom. The fourth-order valence-corrected chi connectivity index (χ4v) is 5.55. The molecule has 1 aliphatic rings. The van der Waals surface area contributed by atoms with Crippen molar-refractivity contribution in [2.75, 3.05) is 0 Å². The van der Waals surface area contributed by atoms with Crippen LogP contribution in [0.5, 0.6) is 0 Å². The van der Waals surface area contributed by atoms with Gasteiger partial charge in [-0.1, -0.05) is 0 Å². The van der Waals surface area contributed by atoms with Crippen LogP contribution in [0.2, 0.25) is 8.35 Å². The van der Waals surface area contributed by atoms with E-state index in [1.807, 2.05) is 0 Å². The summed E-state index contributed by atoms with van der Waals surface area (Å²) in [5, 5.41) is 0. The van der Waals surface area contributed by atoms with E-state index in [0.717, 1.165) is 0 Å². The molecule has 1 saturated heterocycles. The van der Waals surface area contributed by atoms with Gasteiger partial charge in [0.05, 0.1) is 0 Å². The summed E-state index contributed by atoms with van der Waals surface area (Å²) in [4.78, 5) is 0. The Balaban J connectivity index is 2.02. The maximum atomic E-state index is 1.69. The Morgan fingerprint density at radius 2 is 1.00 bits per heavy atom. The first-order valence-electron chi connectivity index (χ1n) is 4.32. The van der Waals surface area contributed by atoms with Crippen LogP contribution in [0.25, 0.3) is 0 Å². The van der Waals surface area contributed by atoms with E-state index in [-0.39, 0.29) is 22.9 Å². The SMILES string of the molecule is C1CCC[CH2][In][CH2]CC1. The minimum absolute atomic E-state index is 0.0353. The topological polar surface area (TPSA) is 0 Å². The second-order valence-electron chi connectivity index (χ2n) is 2.99. The molecule has 0 spiro atoms. The average Bonchev–Trinajstić information content (AvgIpc) is 2.00. The maximum absolute atomic E-state index is 1.69. The molecule has 0 amide bonds. The zero-order chi connectivity index (χ0) is 6.36.